The van der Waals surface area contributed by atoms with Crippen LogP contribution in [0, 0.1) is 19.8 Å². The molecule has 1 aromatic carbocycles. The number of nitrogens with one attached hydrogen (secondary N) is 2. The lowest BCUT2D eigenvalue weighted by molar-refractivity contribution is -0.121. The second-order valence-corrected chi connectivity index (χ2v) is 5.94. The van der Waals surface area contributed by atoms with Crippen molar-refractivity contribution < 1.29 is 9.53 Å². The van der Waals surface area contributed by atoms with E-state index >= 15 is 0 Å². The number of benzene rings is 1. The predicted octanol–water partition coefficient (Wildman–Crippen LogP) is 2.61. The van der Waals surface area contributed by atoms with Crippen molar-refractivity contribution in [2.45, 2.75) is 33.1 Å². The Morgan fingerprint density at radius 2 is 2.05 bits per heavy atom. The number of hydrogen-bond acceptors (Lipinski definition) is 3. The number of piperidine rings is 1. The van der Waals surface area contributed by atoms with Gasteiger partial charge in [0, 0.05) is 6.54 Å². The number of hydrogen-bond donors (Lipinski definition) is 2. The normalized spacial score (nSPS) is 17.5. The molecule has 1 heterocycles. The first-order valence-corrected chi connectivity index (χ1v) is 7.82. The molecule has 1 saturated heterocycles. The monoisotopic (exact) mass is 326 g/mol. The molecule has 4 nitrogen and oxygen atoms in total. The Morgan fingerprint density at radius 1 is 1.32 bits per heavy atom. The number of halogens is 1. The lowest BCUT2D eigenvalue weighted by Gasteiger charge is -2.22. The molecule has 1 aliphatic rings. The molecule has 2 N–H and O–H groups in total. The molecule has 22 heavy (non-hydrogen) atoms. The van der Waals surface area contributed by atoms with E-state index in [-0.39, 0.29) is 18.3 Å². The Balaban J connectivity index is 0.00000242. The first kappa shape index (κ1) is 18.8. The Labute approximate surface area is 139 Å². The molecule has 1 unspecified atom stereocenters. The van der Waals surface area contributed by atoms with Gasteiger partial charge in [-0.1, -0.05) is 6.07 Å². The fourth-order valence-corrected chi connectivity index (χ4v) is 2.72. The SMILES string of the molecule is Cc1cc(C)cc(OCCC(=O)NCC2CCCNC2)c1.Cl. The third-order valence-corrected chi connectivity index (χ3v) is 3.78. The van der Waals surface area contributed by atoms with E-state index in [1.165, 1.54) is 24.0 Å². The van der Waals surface area contributed by atoms with Crippen molar-refractivity contribution >= 4 is 18.3 Å². The number of rotatable bonds is 6. The standard InChI is InChI=1S/C17H26N2O2.ClH/c1-13-8-14(2)10-16(9-13)21-7-5-17(20)19-12-15-4-3-6-18-11-15;/h8-10,15,18H,3-7,11-12H2,1-2H3,(H,19,20);1H. The van der Waals surface area contributed by atoms with Crippen LogP contribution in [0.3, 0.4) is 0 Å². The molecule has 1 aliphatic heterocycles. The Kier molecular flexibility index (Phi) is 8.28. The molecule has 1 aromatic rings. The zero-order chi connectivity index (χ0) is 15.1. The van der Waals surface area contributed by atoms with Gasteiger partial charge in [-0.15, -0.1) is 12.4 Å². The molecule has 1 fully saturated rings. The van der Waals surface area contributed by atoms with Crippen LogP contribution in [0.2, 0.25) is 0 Å². The van der Waals surface area contributed by atoms with Crippen molar-refractivity contribution in [2.75, 3.05) is 26.2 Å². The van der Waals surface area contributed by atoms with Crippen molar-refractivity contribution in [3.05, 3.63) is 29.3 Å². The lowest BCUT2D eigenvalue weighted by atomic mass is 10.00. The molecule has 1 amide bonds. The van der Waals surface area contributed by atoms with Gasteiger partial charge in [-0.25, -0.2) is 0 Å². The van der Waals surface area contributed by atoms with Gasteiger partial charge in [0.2, 0.25) is 5.91 Å². The summed E-state index contributed by atoms with van der Waals surface area (Å²) in [5.41, 5.74) is 2.36. The van der Waals surface area contributed by atoms with Gasteiger partial charge in [-0.2, -0.15) is 0 Å². The highest BCUT2D eigenvalue weighted by atomic mass is 35.5. The summed E-state index contributed by atoms with van der Waals surface area (Å²) in [5.74, 6) is 1.49. The van der Waals surface area contributed by atoms with E-state index in [1.54, 1.807) is 0 Å². The quantitative estimate of drug-likeness (QED) is 0.845. The van der Waals surface area contributed by atoms with Gasteiger partial charge in [0.15, 0.2) is 0 Å². The average Bonchev–Trinajstić information content (AvgIpc) is 2.45. The first-order valence-electron chi connectivity index (χ1n) is 7.82. The molecule has 5 heteroatoms. The molecular formula is C17H27ClN2O2. The van der Waals surface area contributed by atoms with Crippen molar-refractivity contribution in [1.29, 1.82) is 0 Å². The van der Waals surface area contributed by atoms with Crippen molar-refractivity contribution in [3.63, 3.8) is 0 Å². The van der Waals surface area contributed by atoms with E-state index in [1.807, 2.05) is 26.0 Å². The third-order valence-electron chi connectivity index (χ3n) is 3.78. The average molecular weight is 327 g/mol. The van der Waals surface area contributed by atoms with Crippen LogP contribution in [0.1, 0.15) is 30.4 Å². The number of aryl methyl sites for hydroxylation is 2. The van der Waals surface area contributed by atoms with Gasteiger partial charge in [-0.3, -0.25) is 4.79 Å². The molecule has 0 saturated carbocycles. The van der Waals surface area contributed by atoms with Crippen LogP contribution in [0.15, 0.2) is 18.2 Å². The Bertz CT molecular complexity index is 453. The van der Waals surface area contributed by atoms with Gasteiger partial charge in [0.25, 0.3) is 0 Å². The maximum Gasteiger partial charge on any atom is 0.223 e. The van der Waals surface area contributed by atoms with Gasteiger partial charge < -0.3 is 15.4 Å². The molecule has 0 spiro atoms. The topological polar surface area (TPSA) is 50.4 Å². The molecular weight excluding hydrogens is 300 g/mol. The maximum atomic E-state index is 11.8. The minimum atomic E-state index is 0. The summed E-state index contributed by atoms with van der Waals surface area (Å²) in [5, 5.41) is 6.36. The third kappa shape index (κ3) is 6.67. The van der Waals surface area contributed by atoms with Crippen LogP contribution in [0.5, 0.6) is 5.75 Å². The van der Waals surface area contributed by atoms with E-state index < -0.39 is 0 Å². The molecule has 124 valence electrons. The lowest BCUT2D eigenvalue weighted by Crippen LogP contribution is -2.38. The maximum absolute atomic E-state index is 11.8. The second-order valence-electron chi connectivity index (χ2n) is 5.94. The summed E-state index contributed by atoms with van der Waals surface area (Å²) < 4.78 is 5.66. The highest BCUT2D eigenvalue weighted by molar-refractivity contribution is 5.85. The van der Waals surface area contributed by atoms with Crippen LogP contribution in [0.25, 0.3) is 0 Å². The van der Waals surface area contributed by atoms with E-state index in [2.05, 4.69) is 16.7 Å². The van der Waals surface area contributed by atoms with E-state index in [0.717, 1.165) is 25.4 Å². The fraction of sp³-hybridized carbons (Fsp3) is 0.588. The van der Waals surface area contributed by atoms with Crippen LogP contribution < -0.4 is 15.4 Å². The van der Waals surface area contributed by atoms with Gasteiger partial charge >= 0.3 is 0 Å². The molecule has 0 bridgehead atoms. The van der Waals surface area contributed by atoms with Crippen LogP contribution >= 0.6 is 12.4 Å². The van der Waals surface area contributed by atoms with Crippen LogP contribution in [0.4, 0.5) is 0 Å². The largest absolute Gasteiger partial charge is 0.493 e. The summed E-state index contributed by atoms with van der Waals surface area (Å²) in [6.07, 6.45) is 2.82. The number of carbonyl (C=O) groups excluding carboxylic acids is 1. The fourth-order valence-electron chi connectivity index (χ4n) is 2.72. The van der Waals surface area contributed by atoms with Crippen LogP contribution in [-0.2, 0) is 4.79 Å². The van der Waals surface area contributed by atoms with Gasteiger partial charge in [-0.05, 0) is 69.0 Å². The summed E-state index contributed by atoms with van der Waals surface area (Å²) >= 11 is 0. The molecule has 1 atom stereocenters. The Morgan fingerprint density at radius 3 is 2.68 bits per heavy atom. The summed E-state index contributed by atoms with van der Waals surface area (Å²) in [6.45, 7) is 7.41. The number of ether oxygens (including phenoxy) is 1. The van der Waals surface area contributed by atoms with E-state index in [0.29, 0.717) is 18.9 Å². The predicted molar refractivity (Wildman–Crippen MR) is 91.9 cm³/mol. The summed E-state index contributed by atoms with van der Waals surface area (Å²) in [7, 11) is 0. The Hall–Kier alpha value is -1.26. The first-order chi connectivity index (χ1) is 10.1. The zero-order valence-corrected chi connectivity index (χ0v) is 14.3. The highest BCUT2D eigenvalue weighted by Crippen LogP contribution is 2.16. The number of carbonyl (C=O) groups is 1. The van der Waals surface area contributed by atoms with Crippen LogP contribution in [-0.4, -0.2) is 32.1 Å². The van der Waals surface area contributed by atoms with Gasteiger partial charge in [0.1, 0.15) is 5.75 Å². The summed E-state index contributed by atoms with van der Waals surface area (Å²) in [4.78, 5) is 11.8. The molecule has 0 aromatic heterocycles. The zero-order valence-electron chi connectivity index (χ0n) is 13.5. The number of amides is 1. The second kappa shape index (κ2) is 9.70. The summed E-state index contributed by atoms with van der Waals surface area (Å²) in [6, 6.07) is 6.11. The van der Waals surface area contributed by atoms with E-state index in [4.69, 9.17) is 4.74 Å². The molecule has 0 radical (unpaired) electrons. The smallest absolute Gasteiger partial charge is 0.223 e. The van der Waals surface area contributed by atoms with Crippen molar-refractivity contribution in [2.24, 2.45) is 5.92 Å². The van der Waals surface area contributed by atoms with Crippen molar-refractivity contribution in [3.8, 4) is 5.75 Å². The molecule has 0 aliphatic carbocycles. The minimum absolute atomic E-state index is 0. The highest BCUT2D eigenvalue weighted by Gasteiger charge is 2.13. The van der Waals surface area contributed by atoms with E-state index in [9.17, 15) is 4.79 Å². The molecule has 2 rings (SSSR count). The van der Waals surface area contributed by atoms with Crippen molar-refractivity contribution in [1.82, 2.24) is 10.6 Å². The minimum Gasteiger partial charge on any atom is -0.493 e. The van der Waals surface area contributed by atoms with Gasteiger partial charge in [0.05, 0.1) is 13.0 Å².